The van der Waals surface area contributed by atoms with E-state index in [1.165, 1.54) is 11.3 Å². The minimum Gasteiger partial charge on any atom is -0.506 e. The van der Waals surface area contributed by atoms with Crippen LogP contribution < -0.4 is 0 Å². The van der Waals surface area contributed by atoms with Crippen LogP contribution in [0.25, 0.3) is 10.8 Å². The van der Waals surface area contributed by atoms with Crippen LogP contribution in [-0.4, -0.2) is 21.9 Å². The van der Waals surface area contributed by atoms with Gasteiger partial charge in [-0.05, 0) is 24.3 Å². The predicted octanol–water partition coefficient (Wildman–Crippen LogP) is 3.24. The fourth-order valence-electron chi connectivity index (χ4n) is 1.65. The summed E-state index contributed by atoms with van der Waals surface area (Å²) in [6, 6.07) is 1.60. The molecular formula is C12H16N2O3S. The van der Waals surface area contributed by atoms with Gasteiger partial charge in [0.05, 0.1) is 0 Å². The molecule has 0 fully saturated rings. The van der Waals surface area contributed by atoms with Crippen molar-refractivity contribution in [1.82, 2.24) is 10.1 Å². The van der Waals surface area contributed by atoms with Crippen LogP contribution in [0, 0.1) is 5.92 Å². The largest absolute Gasteiger partial charge is 0.506 e. The molecule has 6 heteroatoms. The molecule has 1 atom stereocenters. The van der Waals surface area contributed by atoms with Gasteiger partial charge in [-0.1, -0.05) is 19.0 Å². The first-order valence-corrected chi connectivity index (χ1v) is 6.73. The molecule has 1 unspecified atom stereocenters. The Morgan fingerprint density at radius 1 is 1.50 bits per heavy atom. The van der Waals surface area contributed by atoms with E-state index in [-0.39, 0.29) is 17.8 Å². The molecule has 0 aliphatic carbocycles. The van der Waals surface area contributed by atoms with Gasteiger partial charge in [0.2, 0.25) is 5.82 Å². The number of aromatic nitrogens is 2. The summed E-state index contributed by atoms with van der Waals surface area (Å²) in [5, 5.41) is 15.3. The second kappa shape index (κ2) is 5.49. The fourth-order valence-corrected chi connectivity index (χ4v) is 2.36. The summed E-state index contributed by atoms with van der Waals surface area (Å²) < 4.78 is 10.8. The quantitative estimate of drug-likeness (QED) is 0.901. The zero-order valence-electron chi connectivity index (χ0n) is 10.6. The van der Waals surface area contributed by atoms with Crippen LogP contribution in [0.15, 0.2) is 16.0 Å². The second-order valence-corrected chi connectivity index (χ2v) is 5.13. The molecule has 2 rings (SSSR count). The first kappa shape index (κ1) is 13.0. The summed E-state index contributed by atoms with van der Waals surface area (Å²) in [4.78, 5) is 4.89. The van der Waals surface area contributed by atoms with E-state index in [2.05, 4.69) is 10.1 Å². The molecule has 0 radical (unpaired) electrons. The minimum absolute atomic E-state index is 0.160. The predicted molar refractivity (Wildman–Crippen MR) is 68.5 cm³/mol. The normalized spacial score (nSPS) is 13.1. The van der Waals surface area contributed by atoms with Crippen molar-refractivity contribution in [2.75, 3.05) is 6.61 Å². The molecule has 0 aliphatic rings. The summed E-state index contributed by atoms with van der Waals surface area (Å²) in [5.74, 6) is 1.28. The van der Waals surface area contributed by atoms with Gasteiger partial charge in [-0.15, -0.1) is 11.3 Å². The maximum absolute atomic E-state index is 9.62. The molecule has 2 aromatic rings. The molecule has 0 aliphatic heterocycles. The number of hydrogen-bond acceptors (Lipinski definition) is 6. The minimum atomic E-state index is -0.186. The van der Waals surface area contributed by atoms with Crippen LogP contribution in [0.2, 0.25) is 0 Å². The second-order valence-electron chi connectivity index (χ2n) is 4.21. The number of thiophene rings is 1. The smallest absolute Gasteiger partial charge is 0.271 e. The molecule has 0 saturated heterocycles. The van der Waals surface area contributed by atoms with E-state index < -0.39 is 0 Å². The van der Waals surface area contributed by atoms with Crippen molar-refractivity contribution in [3.63, 3.8) is 0 Å². The van der Waals surface area contributed by atoms with Gasteiger partial charge in [-0.3, -0.25) is 0 Å². The Morgan fingerprint density at radius 2 is 2.28 bits per heavy atom. The van der Waals surface area contributed by atoms with Crippen molar-refractivity contribution < 1.29 is 14.4 Å². The molecule has 2 heterocycles. The van der Waals surface area contributed by atoms with Gasteiger partial charge in [0.1, 0.15) is 16.7 Å². The van der Waals surface area contributed by atoms with E-state index in [1.54, 1.807) is 11.4 Å². The first-order valence-electron chi connectivity index (χ1n) is 5.85. The average molecular weight is 268 g/mol. The molecule has 18 heavy (non-hydrogen) atoms. The van der Waals surface area contributed by atoms with E-state index >= 15 is 0 Å². The zero-order chi connectivity index (χ0) is 13.1. The summed E-state index contributed by atoms with van der Waals surface area (Å²) in [7, 11) is 0. The van der Waals surface area contributed by atoms with E-state index in [9.17, 15) is 5.11 Å². The monoisotopic (exact) mass is 268 g/mol. The van der Waals surface area contributed by atoms with Gasteiger partial charge in [0.15, 0.2) is 0 Å². The Bertz CT molecular complexity index is 507. The third-order valence-corrected chi connectivity index (χ3v) is 3.38. The molecule has 0 aromatic carbocycles. The SMILES string of the molecule is CCOC(c1noc(-c2sccc2O)n1)C(C)C. The zero-order valence-corrected chi connectivity index (χ0v) is 11.4. The molecule has 2 aromatic heterocycles. The van der Waals surface area contributed by atoms with Crippen molar-refractivity contribution in [2.45, 2.75) is 26.9 Å². The lowest BCUT2D eigenvalue weighted by Gasteiger charge is -2.16. The Labute approximate surface area is 109 Å². The van der Waals surface area contributed by atoms with Crippen molar-refractivity contribution in [3.8, 4) is 16.5 Å². The maximum atomic E-state index is 9.62. The lowest BCUT2D eigenvalue weighted by Crippen LogP contribution is -2.12. The van der Waals surface area contributed by atoms with Crippen LogP contribution in [-0.2, 0) is 4.74 Å². The van der Waals surface area contributed by atoms with Crippen LogP contribution in [0.5, 0.6) is 5.75 Å². The average Bonchev–Trinajstić information content (AvgIpc) is 2.93. The van der Waals surface area contributed by atoms with Gasteiger partial charge in [-0.25, -0.2) is 0 Å². The molecule has 0 amide bonds. The lowest BCUT2D eigenvalue weighted by atomic mass is 10.1. The number of rotatable bonds is 5. The molecule has 98 valence electrons. The molecule has 0 bridgehead atoms. The van der Waals surface area contributed by atoms with Crippen LogP contribution >= 0.6 is 11.3 Å². The Morgan fingerprint density at radius 3 is 2.83 bits per heavy atom. The van der Waals surface area contributed by atoms with Gasteiger partial charge < -0.3 is 14.4 Å². The molecule has 5 nitrogen and oxygen atoms in total. The van der Waals surface area contributed by atoms with E-state index in [0.29, 0.717) is 23.2 Å². The van der Waals surface area contributed by atoms with Gasteiger partial charge in [0, 0.05) is 6.61 Å². The van der Waals surface area contributed by atoms with Crippen molar-refractivity contribution in [2.24, 2.45) is 5.92 Å². The number of aromatic hydroxyl groups is 1. The number of hydrogen-bond donors (Lipinski definition) is 1. The Kier molecular flexibility index (Phi) is 3.98. The van der Waals surface area contributed by atoms with Gasteiger partial charge in [0.25, 0.3) is 5.89 Å². The van der Waals surface area contributed by atoms with Crippen LogP contribution in [0.4, 0.5) is 0 Å². The summed E-state index contributed by atoms with van der Waals surface area (Å²) >= 11 is 1.36. The topological polar surface area (TPSA) is 68.4 Å². The Hall–Kier alpha value is -1.40. The van der Waals surface area contributed by atoms with Crippen LogP contribution in [0.3, 0.4) is 0 Å². The molecule has 1 N–H and O–H groups in total. The van der Waals surface area contributed by atoms with Crippen molar-refractivity contribution in [3.05, 3.63) is 17.3 Å². The highest BCUT2D eigenvalue weighted by atomic mass is 32.1. The first-order chi connectivity index (χ1) is 8.63. The van der Waals surface area contributed by atoms with Gasteiger partial charge in [-0.2, -0.15) is 4.98 Å². The highest BCUT2D eigenvalue weighted by molar-refractivity contribution is 7.13. The number of ether oxygens (including phenoxy) is 1. The number of nitrogens with zero attached hydrogens (tertiary/aromatic N) is 2. The van der Waals surface area contributed by atoms with E-state index in [1.807, 2.05) is 20.8 Å². The maximum Gasteiger partial charge on any atom is 0.271 e. The van der Waals surface area contributed by atoms with Gasteiger partial charge >= 0.3 is 0 Å². The summed E-state index contributed by atoms with van der Waals surface area (Å²) in [6.07, 6.45) is -0.186. The van der Waals surface area contributed by atoms with Crippen molar-refractivity contribution >= 4 is 11.3 Å². The molecular weight excluding hydrogens is 252 g/mol. The third-order valence-electron chi connectivity index (χ3n) is 2.49. The third kappa shape index (κ3) is 2.54. The summed E-state index contributed by atoms with van der Waals surface area (Å²) in [6.45, 7) is 6.61. The molecule has 0 saturated carbocycles. The Balaban J connectivity index is 2.27. The van der Waals surface area contributed by atoms with E-state index in [4.69, 9.17) is 9.26 Å². The summed E-state index contributed by atoms with van der Waals surface area (Å²) in [5.41, 5.74) is 0. The highest BCUT2D eigenvalue weighted by Crippen LogP contribution is 2.34. The van der Waals surface area contributed by atoms with E-state index in [0.717, 1.165) is 0 Å². The fraction of sp³-hybridized carbons (Fsp3) is 0.500. The van der Waals surface area contributed by atoms with Crippen molar-refractivity contribution in [1.29, 1.82) is 0 Å². The lowest BCUT2D eigenvalue weighted by molar-refractivity contribution is 0.0217. The standard InChI is InChI=1S/C12H16N2O3S/c1-4-16-9(7(2)3)11-13-12(17-14-11)10-8(15)5-6-18-10/h5-7,9,15H,4H2,1-3H3. The van der Waals surface area contributed by atoms with Crippen LogP contribution in [0.1, 0.15) is 32.7 Å². The molecule has 0 spiro atoms. The highest BCUT2D eigenvalue weighted by Gasteiger charge is 2.23.